The lowest BCUT2D eigenvalue weighted by molar-refractivity contribution is -0.118. The third kappa shape index (κ3) is 19.2. The molecule has 1 amide bonds. The summed E-state index contributed by atoms with van der Waals surface area (Å²) >= 11 is 0. The Morgan fingerprint density at radius 3 is 1.75 bits per heavy atom. The lowest BCUT2D eigenvalue weighted by atomic mass is 10.0. The van der Waals surface area contributed by atoms with Crippen molar-refractivity contribution in [1.29, 1.82) is 0 Å². The molecule has 0 bridgehead atoms. The van der Waals surface area contributed by atoms with Gasteiger partial charge in [0, 0.05) is 12.5 Å². The Bertz CT molecular complexity index is 302. The number of unbranched alkanes of at least 4 members (excludes halogenated alkanes) is 12. The van der Waals surface area contributed by atoms with Crippen LogP contribution in [0.1, 0.15) is 110 Å². The Morgan fingerprint density at radius 2 is 1.25 bits per heavy atom. The second-order valence-electron chi connectivity index (χ2n) is 7.16. The minimum absolute atomic E-state index is 0.0423. The van der Waals surface area contributed by atoms with Gasteiger partial charge in [-0.25, -0.2) is 0 Å². The van der Waals surface area contributed by atoms with Crippen molar-refractivity contribution in [1.82, 2.24) is 0 Å². The third-order valence-corrected chi connectivity index (χ3v) is 4.55. The van der Waals surface area contributed by atoms with E-state index in [0.717, 1.165) is 12.8 Å². The molecule has 0 rings (SSSR count). The van der Waals surface area contributed by atoms with E-state index in [1.165, 1.54) is 83.5 Å². The number of amides is 1. The number of hydrogen-bond donors (Lipinski definition) is 2. The van der Waals surface area contributed by atoms with Crippen molar-refractivity contribution in [2.75, 3.05) is 0 Å². The maximum absolute atomic E-state index is 10.7. The van der Waals surface area contributed by atoms with Crippen LogP contribution in [0.4, 0.5) is 0 Å². The van der Waals surface area contributed by atoms with E-state index in [1.54, 1.807) is 0 Å². The summed E-state index contributed by atoms with van der Waals surface area (Å²) in [6.45, 7) is 2.27. The summed E-state index contributed by atoms with van der Waals surface area (Å²) in [4.78, 5) is 10.7. The molecular formula is C21H42N2O. The fraction of sp³-hybridized carbons (Fsp3) is 0.857. The molecule has 0 aromatic rings. The van der Waals surface area contributed by atoms with E-state index >= 15 is 0 Å². The van der Waals surface area contributed by atoms with Crippen LogP contribution in [0.5, 0.6) is 0 Å². The first kappa shape index (κ1) is 23.2. The summed E-state index contributed by atoms with van der Waals surface area (Å²) in [6, 6.07) is -0.0423. The molecule has 0 heterocycles. The number of primary amides is 1. The number of hydrogen-bond acceptors (Lipinski definition) is 2. The van der Waals surface area contributed by atoms with E-state index < -0.39 is 0 Å². The van der Waals surface area contributed by atoms with Gasteiger partial charge in [-0.05, 0) is 32.1 Å². The zero-order chi connectivity index (χ0) is 17.9. The minimum atomic E-state index is -0.285. The highest BCUT2D eigenvalue weighted by Gasteiger charge is 2.05. The summed E-state index contributed by atoms with van der Waals surface area (Å²) in [5.74, 6) is -0.285. The molecule has 24 heavy (non-hydrogen) atoms. The Morgan fingerprint density at radius 1 is 0.792 bits per heavy atom. The molecule has 1 atom stereocenters. The first-order valence-corrected chi connectivity index (χ1v) is 10.4. The molecule has 0 aliphatic carbocycles. The summed E-state index contributed by atoms with van der Waals surface area (Å²) in [6.07, 6.45) is 24.4. The number of rotatable bonds is 18. The van der Waals surface area contributed by atoms with Crippen LogP contribution in [-0.2, 0) is 4.79 Å². The van der Waals surface area contributed by atoms with Crippen LogP contribution in [-0.4, -0.2) is 11.9 Å². The molecule has 0 saturated carbocycles. The van der Waals surface area contributed by atoms with Gasteiger partial charge in [0.25, 0.3) is 0 Å². The number of carbonyl (C=O) groups excluding carboxylic acids is 1. The molecule has 0 aliphatic rings. The van der Waals surface area contributed by atoms with E-state index in [9.17, 15) is 4.79 Å². The van der Waals surface area contributed by atoms with Crippen molar-refractivity contribution in [3.8, 4) is 0 Å². The summed E-state index contributed by atoms with van der Waals surface area (Å²) in [5, 5.41) is 0. The Labute approximate surface area is 150 Å². The number of carbonyl (C=O) groups is 1. The highest BCUT2D eigenvalue weighted by Crippen LogP contribution is 2.11. The second-order valence-corrected chi connectivity index (χ2v) is 7.16. The van der Waals surface area contributed by atoms with Crippen LogP contribution in [0.2, 0.25) is 0 Å². The first-order chi connectivity index (χ1) is 11.7. The average molecular weight is 339 g/mol. The van der Waals surface area contributed by atoms with Gasteiger partial charge < -0.3 is 11.5 Å². The molecule has 0 radical (unpaired) electrons. The topological polar surface area (TPSA) is 69.1 Å². The van der Waals surface area contributed by atoms with Gasteiger partial charge in [-0.15, -0.1) is 0 Å². The van der Waals surface area contributed by atoms with Crippen LogP contribution < -0.4 is 11.5 Å². The normalized spacial score (nSPS) is 12.8. The van der Waals surface area contributed by atoms with Crippen LogP contribution >= 0.6 is 0 Å². The molecule has 142 valence electrons. The summed E-state index contributed by atoms with van der Waals surface area (Å²) in [5.41, 5.74) is 11.0. The van der Waals surface area contributed by atoms with Gasteiger partial charge in [0.05, 0.1) is 0 Å². The van der Waals surface area contributed by atoms with Gasteiger partial charge in [0.2, 0.25) is 5.91 Å². The second kappa shape index (κ2) is 18.5. The van der Waals surface area contributed by atoms with E-state index in [4.69, 9.17) is 11.5 Å². The Kier molecular flexibility index (Phi) is 17.9. The predicted molar refractivity (Wildman–Crippen MR) is 106 cm³/mol. The Balaban J connectivity index is 3.16. The van der Waals surface area contributed by atoms with Crippen molar-refractivity contribution in [2.24, 2.45) is 11.5 Å². The quantitative estimate of drug-likeness (QED) is 0.252. The summed E-state index contributed by atoms with van der Waals surface area (Å²) < 4.78 is 0. The van der Waals surface area contributed by atoms with Crippen molar-refractivity contribution in [3.63, 3.8) is 0 Å². The zero-order valence-electron chi connectivity index (χ0n) is 16.1. The molecule has 0 aliphatic heterocycles. The first-order valence-electron chi connectivity index (χ1n) is 10.4. The molecule has 0 aromatic heterocycles. The van der Waals surface area contributed by atoms with Gasteiger partial charge in [-0.3, -0.25) is 4.79 Å². The maximum Gasteiger partial charge on any atom is 0.218 e. The monoisotopic (exact) mass is 338 g/mol. The van der Waals surface area contributed by atoms with Gasteiger partial charge in [-0.1, -0.05) is 83.3 Å². The lowest BCUT2D eigenvalue weighted by Gasteiger charge is -2.08. The van der Waals surface area contributed by atoms with Crippen molar-refractivity contribution >= 4 is 5.91 Å². The van der Waals surface area contributed by atoms with Gasteiger partial charge in [0.15, 0.2) is 0 Å². The molecule has 4 N–H and O–H groups in total. The molecule has 0 aromatic carbocycles. The van der Waals surface area contributed by atoms with Crippen LogP contribution in [0.15, 0.2) is 12.2 Å². The Hall–Kier alpha value is -0.830. The average Bonchev–Trinajstić information content (AvgIpc) is 2.53. The zero-order valence-corrected chi connectivity index (χ0v) is 16.1. The van der Waals surface area contributed by atoms with Crippen molar-refractivity contribution in [2.45, 2.75) is 116 Å². The van der Waals surface area contributed by atoms with Crippen LogP contribution in [0, 0.1) is 0 Å². The highest BCUT2D eigenvalue weighted by molar-refractivity contribution is 5.74. The van der Waals surface area contributed by atoms with E-state index in [2.05, 4.69) is 19.1 Å². The maximum atomic E-state index is 10.7. The lowest BCUT2D eigenvalue weighted by Crippen LogP contribution is -2.27. The van der Waals surface area contributed by atoms with E-state index in [0.29, 0.717) is 6.42 Å². The van der Waals surface area contributed by atoms with Gasteiger partial charge in [0.1, 0.15) is 0 Å². The predicted octanol–water partition coefficient (Wildman–Crippen LogP) is 5.62. The highest BCUT2D eigenvalue weighted by atomic mass is 16.1. The molecule has 0 saturated heterocycles. The molecule has 3 heteroatoms. The fourth-order valence-electron chi connectivity index (χ4n) is 3.01. The van der Waals surface area contributed by atoms with Gasteiger partial charge in [-0.2, -0.15) is 0 Å². The molecular weight excluding hydrogens is 296 g/mol. The molecule has 3 nitrogen and oxygen atoms in total. The van der Waals surface area contributed by atoms with Crippen LogP contribution in [0.3, 0.4) is 0 Å². The van der Waals surface area contributed by atoms with Crippen molar-refractivity contribution in [3.05, 3.63) is 12.2 Å². The SMILES string of the molecule is CCCCCCCC/C=C\CCCCCCCCC(N)CC(N)=O. The minimum Gasteiger partial charge on any atom is -0.370 e. The van der Waals surface area contributed by atoms with Crippen LogP contribution in [0.25, 0.3) is 0 Å². The van der Waals surface area contributed by atoms with E-state index in [1.807, 2.05) is 0 Å². The number of nitrogens with two attached hydrogens (primary N) is 2. The molecule has 0 spiro atoms. The molecule has 0 fully saturated rings. The standard InChI is InChI=1S/C21H42N2O/c1-2-3-4-5-6-7-8-9-10-11-12-13-14-15-16-17-18-20(22)19-21(23)24/h9-10,20H,2-8,11-19,22H2,1H3,(H2,23,24)/b10-9-. The largest absolute Gasteiger partial charge is 0.370 e. The summed E-state index contributed by atoms with van der Waals surface area (Å²) in [7, 11) is 0. The van der Waals surface area contributed by atoms with Crippen molar-refractivity contribution < 1.29 is 4.79 Å². The molecule has 1 unspecified atom stereocenters. The third-order valence-electron chi connectivity index (χ3n) is 4.55. The van der Waals surface area contributed by atoms with Gasteiger partial charge >= 0.3 is 0 Å². The van der Waals surface area contributed by atoms with E-state index in [-0.39, 0.29) is 11.9 Å². The smallest absolute Gasteiger partial charge is 0.218 e. The fourth-order valence-corrected chi connectivity index (χ4v) is 3.01. The number of allylic oxidation sites excluding steroid dienone is 2.